The standard InChI is InChI=1S/C28H26F3N5O2S/c29-19-4-7-24(30)26(16-19)39(37,38)34-25-3-1-2-22(27(25)31)28-23(18-8-12-32-13-9-18)17-36(33-28)21-10-14-35(15-11-21)20-5-6-20/h1-4,7-9,12-13,16-17,20-21,34H,5-6,10-11,14-15H2. The summed E-state index contributed by atoms with van der Waals surface area (Å²) in [6, 6.07) is 10.8. The van der Waals surface area contributed by atoms with Crippen LogP contribution in [0.4, 0.5) is 18.9 Å². The number of piperidine rings is 1. The van der Waals surface area contributed by atoms with E-state index in [4.69, 9.17) is 5.10 Å². The Morgan fingerprint density at radius 1 is 0.872 bits per heavy atom. The van der Waals surface area contributed by atoms with Gasteiger partial charge < -0.3 is 4.90 Å². The number of benzene rings is 2. The molecule has 2 aliphatic rings. The number of hydrogen-bond donors (Lipinski definition) is 1. The maximum Gasteiger partial charge on any atom is 0.265 e. The molecular formula is C28H26F3N5O2S. The van der Waals surface area contributed by atoms with Crippen LogP contribution < -0.4 is 4.72 Å². The summed E-state index contributed by atoms with van der Waals surface area (Å²) < 4.78 is 73.4. The van der Waals surface area contributed by atoms with Crippen molar-refractivity contribution in [2.45, 2.75) is 42.7 Å². The minimum absolute atomic E-state index is 0.0795. The molecule has 202 valence electrons. The Morgan fingerprint density at radius 3 is 2.33 bits per heavy atom. The normalized spacial score (nSPS) is 16.9. The van der Waals surface area contributed by atoms with Gasteiger partial charge in [0, 0.05) is 48.8 Å². The van der Waals surface area contributed by atoms with Crippen LogP contribution in [0.3, 0.4) is 0 Å². The topological polar surface area (TPSA) is 80.1 Å². The molecule has 2 aromatic carbocycles. The maximum absolute atomic E-state index is 15.9. The van der Waals surface area contributed by atoms with Crippen LogP contribution in [0.2, 0.25) is 0 Å². The Bertz CT molecular complexity index is 1620. The van der Waals surface area contributed by atoms with Crippen LogP contribution in [-0.2, 0) is 10.0 Å². The Hall–Kier alpha value is -3.70. The predicted octanol–water partition coefficient (Wildman–Crippen LogP) is 5.63. The average Bonchev–Trinajstić information content (AvgIpc) is 3.70. The molecule has 0 spiro atoms. The van der Waals surface area contributed by atoms with Gasteiger partial charge in [0.1, 0.15) is 22.2 Å². The van der Waals surface area contributed by atoms with Gasteiger partial charge >= 0.3 is 0 Å². The van der Waals surface area contributed by atoms with Gasteiger partial charge in [-0.05, 0) is 73.7 Å². The quantitative estimate of drug-likeness (QED) is 0.321. The minimum Gasteiger partial charge on any atom is -0.300 e. The van der Waals surface area contributed by atoms with Crippen LogP contribution in [0.1, 0.15) is 31.7 Å². The molecule has 1 saturated heterocycles. The first-order valence-electron chi connectivity index (χ1n) is 12.8. The number of hydrogen-bond acceptors (Lipinski definition) is 5. The van der Waals surface area contributed by atoms with Crippen molar-refractivity contribution >= 4 is 15.7 Å². The summed E-state index contributed by atoms with van der Waals surface area (Å²) in [6.07, 6.45) is 9.55. The zero-order valence-electron chi connectivity index (χ0n) is 20.9. The Balaban J connectivity index is 1.37. The van der Waals surface area contributed by atoms with Crippen molar-refractivity contribution in [1.29, 1.82) is 0 Å². The highest BCUT2D eigenvalue weighted by atomic mass is 32.2. The zero-order chi connectivity index (χ0) is 27.1. The fraction of sp³-hybridized carbons (Fsp3) is 0.286. The lowest BCUT2D eigenvalue weighted by Gasteiger charge is -2.32. The van der Waals surface area contributed by atoms with Crippen molar-refractivity contribution in [2.75, 3.05) is 17.8 Å². The molecule has 1 aliphatic carbocycles. The van der Waals surface area contributed by atoms with Gasteiger partial charge in [-0.25, -0.2) is 21.6 Å². The third-order valence-corrected chi connectivity index (χ3v) is 8.72. The largest absolute Gasteiger partial charge is 0.300 e. The lowest BCUT2D eigenvalue weighted by atomic mass is 10.0. The highest BCUT2D eigenvalue weighted by molar-refractivity contribution is 7.92. The molecule has 6 rings (SSSR count). The van der Waals surface area contributed by atoms with E-state index in [2.05, 4.69) is 14.6 Å². The first-order valence-corrected chi connectivity index (χ1v) is 14.3. The van der Waals surface area contributed by atoms with Gasteiger partial charge in [0.25, 0.3) is 10.0 Å². The number of aromatic nitrogens is 3. The van der Waals surface area contributed by atoms with Crippen molar-refractivity contribution in [1.82, 2.24) is 19.7 Å². The van der Waals surface area contributed by atoms with E-state index in [1.54, 1.807) is 24.5 Å². The fourth-order valence-corrected chi connectivity index (χ4v) is 6.30. The fourth-order valence-electron chi connectivity index (χ4n) is 5.15. The Morgan fingerprint density at radius 2 is 1.62 bits per heavy atom. The van der Waals surface area contributed by atoms with Crippen LogP contribution in [0.15, 0.2) is 72.0 Å². The number of halogens is 3. The summed E-state index contributed by atoms with van der Waals surface area (Å²) in [5.74, 6) is -2.95. The van der Waals surface area contributed by atoms with Crippen molar-refractivity contribution in [3.8, 4) is 22.4 Å². The molecule has 1 N–H and O–H groups in total. The molecular weight excluding hydrogens is 527 g/mol. The SMILES string of the molecule is O=S(=O)(Nc1cccc(-c2nn(C3CCN(C4CC4)CC3)cc2-c2ccncc2)c1F)c1cc(F)ccc1F. The second-order valence-electron chi connectivity index (χ2n) is 9.95. The summed E-state index contributed by atoms with van der Waals surface area (Å²) in [4.78, 5) is 5.68. The van der Waals surface area contributed by atoms with E-state index >= 15 is 4.39 Å². The average molecular weight is 554 g/mol. The van der Waals surface area contributed by atoms with Crippen LogP contribution >= 0.6 is 0 Å². The number of nitrogens with zero attached hydrogens (tertiary/aromatic N) is 4. The van der Waals surface area contributed by atoms with Gasteiger partial charge in [-0.1, -0.05) is 6.07 Å². The molecule has 0 unspecified atom stereocenters. The van der Waals surface area contributed by atoms with E-state index in [0.29, 0.717) is 29.4 Å². The van der Waals surface area contributed by atoms with E-state index in [0.717, 1.165) is 37.6 Å². The molecule has 0 bridgehead atoms. The van der Waals surface area contributed by atoms with E-state index in [1.165, 1.54) is 31.0 Å². The van der Waals surface area contributed by atoms with Crippen molar-refractivity contribution in [3.05, 3.63) is 84.6 Å². The van der Waals surface area contributed by atoms with E-state index in [1.807, 2.05) is 10.9 Å². The Kier molecular flexibility index (Phi) is 6.64. The smallest absolute Gasteiger partial charge is 0.265 e. The van der Waals surface area contributed by atoms with Crippen LogP contribution in [0, 0.1) is 17.5 Å². The minimum atomic E-state index is -4.61. The number of pyridine rings is 1. The predicted molar refractivity (Wildman–Crippen MR) is 141 cm³/mol. The third-order valence-electron chi connectivity index (χ3n) is 7.34. The summed E-state index contributed by atoms with van der Waals surface area (Å²) in [7, 11) is -4.61. The van der Waals surface area contributed by atoms with Gasteiger partial charge in [-0.3, -0.25) is 14.4 Å². The molecule has 4 aromatic rings. The first kappa shape index (κ1) is 25.6. The Labute approximate surface area is 224 Å². The highest BCUT2D eigenvalue weighted by Crippen LogP contribution is 2.38. The molecule has 3 heterocycles. The lowest BCUT2D eigenvalue weighted by molar-refractivity contribution is 0.172. The zero-order valence-corrected chi connectivity index (χ0v) is 21.7. The van der Waals surface area contributed by atoms with Crippen molar-refractivity contribution < 1.29 is 21.6 Å². The van der Waals surface area contributed by atoms with Crippen LogP contribution in [0.5, 0.6) is 0 Å². The molecule has 2 aromatic heterocycles. The summed E-state index contributed by atoms with van der Waals surface area (Å²) in [5.41, 5.74) is 1.49. The molecule has 2 fully saturated rings. The monoisotopic (exact) mass is 553 g/mol. The van der Waals surface area contributed by atoms with Crippen LogP contribution in [0.25, 0.3) is 22.4 Å². The van der Waals surface area contributed by atoms with Crippen molar-refractivity contribution in [2.24, 2.45) is 0 Å². The second kappa shape index (κ2) is 10.1. The third kappa shape index (κ3) is 5.16. The van der Waals surface area contributed by atoms with Gasteiger partial charge in [0.2, 0.25) is 0 Å². The second-order valence-corrected chi connectivity index (χ2v) is 11.6. The summed E-state index contributed by atoms with van der Waals surface area (Å²) in [6.45, 7) is 1.97. The number of likely N-dealkylation sites (tertiary alicyclic amines) is 1. The molecule has 0 atom stereocenters. The number of sulfonamides is 1. The molecule has 39 heavy (non-hydrogen) atoms. The van der Waals surface area contributed by atoms with Crippen molar-refractivity contribution in [3.63, 3.8) is 0 Å². The summed E-state index contributed by atoms with van der Waals surface area (Å²) >= 11 is 0. The molecule has 0 amide bonds. The van der Waals surface area contributed by atoms with Crippen LogP contribution in [-0.4, -0.2) is 47.2 Å². The van der Waals surface area contributed by atoms with Gasteiger partial charge in [0.15, 0.2) is 5.82 Å². The molecule has 11 heteroatoms. The van der Waals surface area contributed by atoms with E-state index in [-0.39, 0.29) is 11.6 Å². The number of nitrogens with one attached hydrogen (secondary N) is 1. The van der Waals surface area contributed by atoms with Gasteiger partial charge in [-0.15, -0.1) is 0 Å². The maximum atomic E-state index is 15.9. The van der Waals surface area contributed by atoms with E-state index < -0.39 is 38.1 Å². The molecule has 1 saturated carbocycles. The van der Waals surface area contributed by atoms with Gasteiger partial charge in [0.05, 0.1) is 11.7 Å². The number of anilines is 1. The molecule has 7 nitrogen and oxygen atoms in total. The summed E-state index contributed by atoms with van der Waals surface area (Å²) in [5, 5.41) is 4.80. The molecule has 1 aliphatic heterocycles. The van der Waals surface area contributed by atoms with E-state index in [9.17, 15) is 17.2 Å². The first-order chi connectivity index (χ1) is 18.8. The highest BCUT2D eigenvalue weighted by Gasteiger charge is 2.33. The molecule has 0 radical (unpaired) electrons. The number of rotatable bonds is 7. The lowest BCUT2D eigenvalue weighted by Crippen LogP contribution is -2.36. The van der Waals surface area contributed by atoms with Gasteiger partial charge in [-0.2, -0.15) is 5.10 Å².